The van der Waals surface area contributed by atoms with Crippen LogP contribution in [0, 0.1) is 5.82 Å². The summed E-state index contributed by atoms with van der Waals surface area (Å²) >= 11 is 0. The van der Waals surface area contributed by atoms with Crippen LogP contribution in [0.2, 0.25) is 0 Å². The number of benzene rings is 1. The van der Waals surface area contributed by atoms with Crippen LogP contribution in [-0.2, 0) is 16.5 Å². The first-order chi connectivity index (χ1) is 13.1. The monoisotopic (exact) mass is 391 g/mol. The molecule has 0 radical (unpaired) electrons. The third-order valence-electron chi connectivity index (χ3n) is 4.74. The molecule has 1 aliphatic heterocycles. The van der Waals surface area contributed by atoms with Crippen molar-refractivity contribution in [1.82, 2.24) is 9.47 Å². The van der Waals surface area contributed by atoms with Gasteiger partial charge in [0.25, 0.3) is 0 Å². The highest BCUT2D eigenvalue weighted by Gasteiger charge is 2.28. The molecule has 1 saturated heterocycles. The molecule has 0 atom stereocenters. The zero-order valence-electron chi connectivity index (χ0n) is 16.9. The van der Waals surface area contributed by atoms with E-state index >= 15 is 4.39 Å². The fraction of sp³-hybridized carbons (Fsp3) is 0.500. The number of rotatable bonds is 2. The Hall–Kier alpha value is -2.77. The van der Waals surface area contributed by atoms with Crippen molar-refractivity contribution in [3.05, 3.63) is 29.7 Å². The molecule has 1 aromatic heterocycles. The smallest absolute Gasteiger partial charge is 0.410 e. The van der Waals surface area contributed by atoms with E-state index < -0.39 is 11.6 Å². The lowest BCUT2D eigenvalue weighted by Gasteiger charge is -2.36. The van der Waals surface area contributed by atoms with Gasteiger partial charge in [-0.1, -0.05) is 0 Å². The van der Waals surface area contributed by atoms with Crippen molar-refractivity contribution in [2.24, 2.45) is 7.05 Å². The van der Waals surface area contributed by atoms with Gasteiger partial charge in [0, 0.05) is 44.8 Å². The van der Waals surface area contributed by atoms with E-state index in [1.807, 2.05) is 25.7 Å². The number of amides is 1. The van der Waals surface area contributed by atoms with Gasteiger partial charge in [0.05, 0.1) is 23.9 Å². The number of carbonyl (C=O) groups excluding carboxylic acids is 2. The molecule has 0 spiro atoms. The topological polar surface area (TPSA) is 64.0 Å². The molecular formula is C20H26FN3O4. The van der Waals surface area contributed by atoms with E-state index in [0.29, 0.717) is 48.3 Å². The molecule has 1 fully saturated rings. The number of fused-ring (bicyclic) bond motifs is 1. The second-order valence-electron chi connectivity index (χ2n) is 7.89. The number of aryl methyl sites for hydroxylation is 1. The second-order valence-corrected chi connectivity index (χ2v) is 7.89. The van der Waals surface area contributed by atoms with Crippen molar-refractivity contribution in [2.45, 2.75) is 26.4 Å². The minimum Gasteiger partial charge on any atom is -0.465 e. The molecule has 2 aromatic rings. The predicted molar refractivity (Wildman–Crippen MR) is 104 cm³/mol. The molecule has 0 saturated carbocycles. The molecule has 3 rings (SSSR count). The van der Waals surface area contributed by atoms with E-state index in [9.17, 15) is 9.59 Å². The Morgan fingerprint density at radius 3 is 2.32 bits per heavy atom. The van der Waals surface area contributed by atoms with Crippen LogP contribution in [-0.4, -0.2) is 60.4 Å². The van der Waals surface area contributed by atoms with Crippen molar-refractivity contribution < 1.29 is 23.5 Å². The number of hydrogen-bond acceptors (Lipinski definition) is 5. The van der Waals surface area contributed by atoms with Crippen molar-refractivity contribution in [3.8, 4) is 0 Å². The predicted octanol–water partition coefficient (Wildman–Crippen LogP) is 3.16. The van der Waals surface area contributed by atoms with Crippen LogP contribution in [0.3, 0.4) is 0 Å². The number of hydrogen-bond donors (Lipinski definition) is 0. The normalized spacial score (nSPS) is 15.1. The zero-order valence-corrected chi connectivity index (χ0v) is 16.9. The van der Waals surface area contributed by atoms with Gasteiger partial charge < -0.3 is 23.8 Å². The lowest BCUT2D eigenvalue weighted by Crippen LogP contribution is -2.50. The zero-order chi connectivity index (χ0) is 20.6. The van der Waals surface area contributed by atoms with E-state index in [2.05, 4.69) is 0 Å². The first-order valence-electron chi connectivity index (χ1n) is 9.21. The second kappa shape index (κ2) is 7.33. The third-order valence-corrected chi connectivity index (χ3v) is 4.74. The number of ether oxygens (including phenoxy) is 2. The molecule has 152 valence electrons. The Morgan fingerprint density at radius 2 is 1.75 bits per heavy atom. The Labute approximate surface area is 163 Å². The van der Waals surface area contributed by atoms with Gasteiger partial charge in [-0.2, -0.15) is 0 Å². The van der Waals surface area contributed by atoms with Gasteiger partial charge in [0.2, 0.25) is 0 Å². The van der Waals surface area contributed by atoms with Crippen LogP contribution in [0.1, 0.15) is 31.1 Å². The number of halogens is 1. The minimum atomic E-state index is -0.546. The van der Waals surface area contributed by atoms with Gasteiger partial charge in [0.15, 0.2) is 5.82 Å². The Bertz CT molecular complexity index is 908. The summed E-state index contributed by atoms with van der Waals surface area (Å²) in [7, 11) is 3.00. The van der Waals surface area contributed by atoms with Crippen molar-refractivity contribution in [2.75, 3.05) is 38.2 Å². The van der Waals surface area contributed by atoms with E-state index in [-0.39, 0.29) is 11.9 Å². The molecule has 1 aromatic carbocycles. The van der Waals surface area contributed by atoms with Gasteiger partial charge in [-0.05, 0) is 32.9 Å². The number of carbonyl (C=O) groups is 2. The van der Waals surface area contributed by atoms with Crippen LogP contribution in [0.4, 0.5) is 14.9 Å². The first kappa shape index (κ1) is 20.0. The molecule has 1 aliphatic rings. The lowest BCUT2D eigenvalue weighted by atomic mass is 10.1. The van der Waals surface area contributed by atoms with Crippen molar-refractivity contribution >= 4 is 28.7 Å². The number of piperazine rings is 1. The molecule has 2 heterocycles. The number of anilines is 1. The fourth-order valence-corrected chi connectivity index (χ4v) is 3.42. The van der Waals surface area contributed by atoms with Crippen molar-refractivity contribution in [3.63, 3.8) is 0 Å². The minimum absolute atomic E-state index is 0.334. The SMILES string of the molecule is COC(=O)c1cn(C)c2c(F)c(N3CCN(C(=O)OC(C)(C)C)CC3)ccc12. The molecule has 0 bridgehead atoms. The average Bonchev–Trinajstić information content (AvgIpc) is 2.97. The summed E-state index contributed by atoms with van der Waals surface area (Å²) in [6.45, 7) is 7.38. The average molecular weight is 391 g/mol. The molecule has 8 heteroatoms. The molecule has 1 amide bonds. The number of esters is 1. The standard InChI is InChI=1S/C20H26FN3O4/c1-20(2,3)28-19(26)24-10-8-23(9-11-24)15-7-6-13-14(18(25)27-5)12-22(4)17(13)16(15)21/h6-7,12H,8-11H2,1-5H3. The Morgan fingerprint density at radius 1 is 1.11 bits per heavy atom. The molecular weight excluding hydrogens is 365 g/mol. The van der Waals surface area contributed by atoms with E-state index in [4.69, 9.17) is 9.47 Å². The summed E-state index contributed by atoms with van der Waals surface area (Å²) in [6, 6.07) is 3.41. The van der Waals surface area contributed by atoms with Gasteiger partial charge >= 0.3 is 12.1 Å². The third kappa shape index (κ3) is 3.76. The molecule has 0 N–H and O–H groups in total. The van der Waals surface area contributed by atoms with E-state index in [1.54, 1.807) is 34.8 Å². The summed E-state index contributed by atoms with van der Waals surface area (Å²) in [6.07, 6.45) is 1.22. The summed E-state index contributed by atoms with van der Waals surface area (Å²) in [4.78, 5) is 27.7. The highest BCUT2D eigenvalue weighted by atomic mass is 19.1. The quantitative estimate of drug-likeness (QED) is 0.736. The van der Waals surface area contributed by atoms with E-state index in [1.165, 1.54) is 7.11 Å². The van der Waals surface area contributed by atoms with Crippen LogP contribution in [0.25, 0.3) is 10.9 Å². The number of nitrogens with zero attached hydrogens (tertiary/aromatic N) is 3. The Kier molecular flexibility index (Phi) is 5.23. The number of methoxy groups -OCH3 is 1. The summed E-state index contributed by atoms with van der Waals surface area (Å²) in [5.41, 5.74) is 0.594. The number of aromatic nitrogens is 1. The van der Waals surface area contributed by atoms with Crippen LogP contribution in [0.5, 0.6) is 0 Å². The first-order valence-corrected chi connectivity index (χ1v) is 9.21. The lowest BCUT2D eigenvalue weighted by molar-refractivity contribution is 0.0240. The van der Waals surface area contributed by atoms with Gasteiger partial charge in [-0.3, -0.25) is 0 Å². The molecule has 0 unspecified atom stereocenters. The largest absolute Gasteiger partial charge is 0.465 e. The van der Waals surface area contributed by atoms with Gasteiger partial charge in [-0.15, -0.1) is 0 Å². The van der Waals surface area contributed by atoms with Gasteiger partial charge in [-0.25, -0.2) is 14.0 Å². The van der Waals surface area contributed by atoms with Crippen LogP contribution in [0.15, 0.2) is 18.3 Å². The highest BCUT2D eigenvalue weighted by molar-refractivity contribution is 6.05. The molecule has 0 aliphatic carbocycles. The maximum Gasteiger partial charge on any atom is 0.410 e. The van der Waals surface area contributed by atoms with Gasteiger partial charge in [0.1, 0.15) is 5.60 Å². The van der Waals surface area contributed by atoms with Crippen LogP contribution >= 0.6 is 0 Å². The summed E-state index contributed by atoms with van der Waals surface area (Å²) in [5.74, 6) is -0.885. The van der Waals surface area contributed by atoms with E-state index in [0.717, 1.165) is 0 Å². The fourth-order valence-electron chi connectivity index (χ4n) is 3.42. The molecule has 28 heavy (non-hydrogen) atoms. The maximum absolute atomic E-state index is 15.3. The van der Waals surface area contributed by atoms with Crippen LogP contribution < -0.4 is 4.90 Å². The summed E-state index contributed by atoms with van der Waals surface area (Å²) < 4.78 is 27.0. The Balaban J connectivity index is 1.80. The maximum atomic E-state index is 15.3. The summed E-state index contributed by atoms with van der Waals surface area (Å²) in [5, 5.41) is 0.517. The highest BCUT2D eigenvalue weighted by Crippen LogP contribution is 2.31. The molecule has 7 nitrogen and oxygen atoms in total. The van der Waals surface area contributed by atoms with Crippen molar-refractivity contribution in [1.29, 1.82) is 0 Å².